The molecule has 0 bridgehead atoms. The molecule has 0 unspecified atom stereocenters. The number of hydrogen-bond acceptors (Lipinski definition) is 0. The van der Waals surface area contributed by atoms with Crippen molar-refractivity contribution < 1.29 is 62.0 Å². The Labute approximate surface area is 310 Å². The molecule has 0 N–H and O–H groups in total. The molecule has 47 heavy (non-hydrogen) atoms. The second-order valence-electron chi connectivity index (χ2n) is 9.18. The Bertz CT molecular complexity index is 1310. The smallest absolute Gasteiger partial charge is 0.418 e. The Morgan fingerprint density at radius 2 is 0.426 bits per heavy atom. The molecular weight excluding hydrogens is 999 g/mol. The molecule has 6 aromatic rings. The van der Waals surface area contributed by atoms with Crippen molar-refractivity contribution in [2.45, 2.75) is 0 Å². The van der Waals surface area contributed by atoms with Crippen LogP contribution in [0.4, 0.5) is 17.3 Å². The molecule has 0 saturated heterocycles. The van der Waals surface area contributed by atoms with E-state index in [-0.39, 0.29) is 44.8 Å². The zero-order chi connectivity index (χ0) is 32.3. The van der Waals surface area contributed by atoms with Gasteiger partial charge in [-0.1, -0.05) is 182 Å². The Hall–Kier alpha value is -2.90. The third-order valence-corrected chi connectivity index (χ3v) is 11.0. The second kappa shape index (κ2) is 23.4. The molecule has 0 fully saturated rings. The first-order valence-electron chi connectivity index (χ1n) is 14.1. The average molecular weight is 1030 g/mol. The molecule has 0 heterocycles. The molecule has 0 aliphatic heterocycles. The molecule has 0 aromatic heterocycles. The molecule has 0 aliphatic carbocycles. The summed E-state index contributed by atoms with van der Waals surface area (Å²) in [6, 6.07) is 64.7. The van der Waals surface area contributed by atoms with E-state index < -0.39 is 23.1 Å². The fourth-order valence-electron chi connectivity index (χ4n) is 4.36. The van der Waals surface area contributed by atoms with Crippen LogP contribution < -0.4 is 31.8 Å². The molecule has 6 aromatic carbocycles. The normalized spacial score (nSPS) is 9.89. The minimum atomic E-state index is -6.00. The monoisotopic (exact) mass is 1030 g/mol. The molecule has 0 spiro atoms. The zero-order valence-corrected chi connectivity index (χ0v) is 31.3. The summed E-state index contributed by atoms with van der Waals surface area (Å²) in [6.45, 7) is 7.00. The van der Waals surface area contributed by atoms with Gasteiger partial charge in [0.05, 0.1) is 0 Å². The third kappa shape index (κ3) is 15.2. The van der Waals surface area contributed by atoms with Crippen molar-refractivity contribution in [3.05, 3.63) is 195 Å². The first kappa shape index (κ1) is 42.1. The molecular formula is C38H33Au2BF4P2. The van der Waals surface area contributed by atoms with Crippen molar-refractivity contribution in [1.29, 1.82) is 0 Å². The van der Waals surface area contributed by atoms with Gasteiger partial charge in [0.1, 0.15) is 6.58 Å². The Morgan fingerprint density at radius 1 is 0.319 bits per heavy atom. The maximum absolute atomic E-state index is 9.75. The van der Waals surface area contributed by atoms with E-state index in [0.717, 1.165) is 0 Å². The molecule has 248 valence electrons. The van der Waals surface area contributed by atoms with Crippen LogP contribution in [0, 0.1) is 6.58 Å². The SMILES string of the molecule is F[B-](F)(F)F.[Au].[Au].[CH+]=C.c1ccc(P(c2ccccc2)c2ccccc2)cc1.c1ccc(P(c2ccccc2)c2ccccc2)cc1. The van der Waals surface area contributed by atoms with Gasteiger partial charge in [0.2, 0.25) is 0 Å². The van der Waals surface area contributed by atoms with Gasteiger partial charge in [-0.25, -0.2) is 0 Å². The van der Waals surface area contributed by atoms with Gasteiger partial charge in [-0.05, 0) is 47.7 Å². The predicted molar refractivity (Wildman–Crippen MR) is 190 cm³/mol. The maximum Gasteiger partial charge on any atom is 0.673 e. The van der Waals surface area contributed by atoms with Crippen LogP contribution in [0.15, 0.2) is 189 Å². The molecule has 0 atom stereocenters. The van der Waals surface area contributed by atoms with Crippen molar-refractivity contribution in [1.82, 2.24) is 0 Å². The van der Waals surface area contributed by atoms with Crippen LogP contribution in [0.5, 0.6) is 0 Å². The Morgan fingerprint density at radius 3 is 0.532 bits per heavy atom. The average Bonchev–Trinajstić information content (AvgIpc) is 3.09. The number of rotatable bonds is 6. The van der Waals surface area contributed by atoms with Crippen LogP contribution in [-0.4, -0.2) is 7.25 Å². The largest absolute Gasteiger partial charge is 0.673 e. The van der Waals surface area contributed by atoms with E-state index in [9.17, 15) is 17.3 Å². The van der Waals surface area contributed by atoms with Crippen LogP contribution >= 0.6 is 15.8 Å². The van der Waals surface area contributed by atoms with E-state index in [2.05, 4.69) is 195 Å². The minimum Gasteiger partial charge on any atom is -0.418 e. The van der Waals surface area contributed by atoms with E-state index >= 15 is 0 Å². The van der Waals surface area contributed by atoms with Crippen molar-refractivity contribution in [2.75, 3.05) is 0 Å². The summed E-state index contributed by atoms with van der Waals surface area (Å²) >= 11 is 0. The van der Waals surface area contributed by atoms with E-state index in [0.29, 0.717) is 0 Å². The molecule has 9 heteroatoms. The first-order chi connectivity index (χ1) is 21.9. The predicted octanol–water partition coefficient (Wildman–Crippen LogP) is 8.79. The van der Waals surface area contributed by atoms with E-state index in [1.807, 2.05) is 0 Å². The van der Waals surface area contributed by atoms with Gasteiger partial charge < -0.3 is 17.3 Å². The van der Waals surface area contributed by atoms with Gasteiger partial charge in [-0.15, -0.1) is 0 Å². The summed E-state index contributed by atoms with van der Waals surface area (Å²) in [5.74, 6) is 0. The van der Waals surface area contributed by atoms with Crippen LogP contribution in [0.3, 0.4) is 0 Å². The van der Waals surface area contributed by atoms with Crippen LogP contribution in [0.25, 0.3) is 0 Å². The Balaban J connectivity index is 0.000000380. The molecule has 0 nitrogen and oxygen atoms in total. The summed E-state index contributed by atoms with van der Waals surface area (Å²) < 4.78 is 39.0. The first-order valence-corrected chi connectivity index (χ1v) is 16.8. The summed E-state index contributed by atoms with van der Waals surface area (Å²) in [7, 11) is -6.89. The molecule has 6 rings (SSSR count). The molecule has 0 amide bonds. The number of benzene rings is 6. The summed E-state index contributed by atoms with van der Waals surface area (Å²) in [5.41, 5.74) is 0. The molecule has 0 saturated carbocycles. The van der Waals surface area contributed by atoms with E-state index in [1.165, 1.54) is 31.8 Å². The van der Waals surface area contributed by atoms with E-state index in [4.69, 9.17) is 0 Å². The van der Waals surface area contributed by atoms with Gasteiger partial charge in [-0.3, -0.25) is 0 Å². The van der Waals surface area contributed by atoms with Crippen LogP contribution in [0.1, 0.15) is 0 Å². The maximum atomic E-state index is 9.75. The van der Waals surface area contributed by atoms with Crippen molar-refractivity contribution in [2.24, 2.45) is 0 Å². The van der Waals surface area contributed by atoms with Gasteiger partial charge in [-0.2, -0.15) is 0 Å². The van der Waals surface area contributed by atoms with Crippen molar-refractivity contribution in [3.63, 3.8) is 0 Å². The zero-order valence-electron chi connectivity index (χ0n) is 25.2. The number of hydrogen-bond donors (Lipinski definition) is 0. The van der Waals surface area contributed by atoms with E-state index in [1.54, 1.807) is 0 Å². The Kier molecular flexibility index (Phi) is 21.0. The second-order valence-corrected chi connectivity index (χ2v) is 13.6. The molecule has 0 aliphatic rings. The van der Waals surface area contributed by atoms with Crippen molar-refractivity contribution in [3.8, 4) is 0 Å². The van der Waals surface area contributed by atoms with Crippen LogP contribution in [0.2, 0.25) is 0 Å². The topological polar surface area (TPSA) is 0 Å². The van der Waals surface area contributed by atoms with Gasteiger partial charge >= 0.3 is 7.25 Å². The van der Waals surface area contributed by atoms with Crippen LogP contribution in [-0.2, 0) is 44.8 Å². The third-order valence-electron chi connectivity index (χ3n) is 6.09. The van der Waals surface area contributed by atoms with Gasteiger partial charge in [0.15, 0.2) is 6.58 Å². The number of halogens is 4. The van der Waals surface area contributed by atoms with Crippen molar-refractivity contribution >= 4 is 54.9 Å². The summed E-state index contributed by atoms with van der Waals surface area (Å²) in [4.78, 5) is 0. The fraction of sp³-hybridized carbons (Fsp3) is 0. The molecule has 2 radical (unpaired) electrons. The minimum absolute atomic E-state index is 0. The fourth-order valence-corrected chi connectivity index (χ4v) is 8.97. The summed E-state index contributed by atoms with van der Waals surface area (Å²) in [5, 5.41) is 8.39. The standard InChI is InChI=1S/2C18H15P.C2H3.2Au.BF4/c2*1-4-10-16(11-5-1)19(17-12-6-2-7-13-17)18-14-8-3-9-15-18;1-2;;;2-1(3,4)5/h2*1-15H;1H,2H2;;;/q;;+1;;;-1. The quantitative estimate of drug-likeness (QED) is 0.0678. The van der Waals surface area contributed by atoms with Gasteiger partial charge in [0, 0.05) is 44.8 Å². The van der Waals surface area contributed by atoms with Gasteiger partial charge in [0.25, 0.3) is 0 Å². The summed E-state index contributed by atoms with van der Waals surface area (Å²) in [6.07, 6.45) is 0.